The summed E-state index contributed by atoms with van der Waals surface area (Å²) in [5, 5.41) is 4.13. The molecule has 0 spiro atoms. The summed E-state index contributed by atoms with van der Waals surface area (Å²) in [6.07, 6.45) is 3.82. The predicted octanol–water partition coefficient (Wildman–Crippen LogP) is 2.27. The van der Waals surface area contributed by atoms with Crippen LogP contribution in [0.2, 0.25) is 0 Å². The summed E-state index contributed by atoms with van der Waals surface area (Å²) >= 11 is 0. The Labute approximate surface area is 121 Å². The van der Waals surface area contributed by atoms with Crippen LogP contribution in [0.25, 0.3) is 0 Å². The number of nitrogens with zero attached hydrogens (tertiary/aromatic N) is 3. The van der Waals surface area contributed by atoms with E-state index in [2.05, 4.69) is 10.00 Å². The van der Waals surface area contributed by atoms with Gasteiger partial charge in [-0.1, -0.05) is 0 Å². The Bertz CT molecular complexity index is 656. The van der Waals surface area contributed by atoms with Crippen LogP contribution in [0, 0.1) is 18.6 Å². The Kier molecular flexibility index (Phi) is 3.63. The van der Waals surface area contributed by atoms with Crippen molar-refractivity contribution >= 4 is 0 Å². The molecule has 6 heteroatoms. The minimum absolute atomic E-state index is 0.317. The van der Waals surface area contributed by atoms with Crippen molar-refractivity contribution in [1.29, 1.82) is 0 Å². The molecule has 112 valence electrons. The Morgan fingerprint density at radius 2 is 2.10 bits per heavy atom. The number of halogens is 2. The summed E-state index contributed by atoms with van der Waals surface area (Å²) in [7, 11) is 1.89. The molecule has 1 aromatic carbocycles. The Morgan fingerprint density at radius 3 is 2.81 bits per heavy atom. The van der Waals surface area contributed by atoms with Gasteiger partial charge in [0, 0.05) is 38.0 Å². The summed E-state index contributed by atoms with van der Waals surface area (Å²) in [5.41, 5.74) is 1.76. The van der Waals surface area contributed by atoms with Gasteiger partial charge in [0.25, 0.3) is 0 Å². The maximum atomic E-state index is 13.2. The van der Waals surface area contributed by atoms with E-state index in [9.17, 15) is 8.78 Å². The first kappa shape index (κ1) is 14.0. The van der Waals surface area contributed by atoms with Crippen LogP contribution < -0.4 is 4.74 Å². The first-order chi connectivity index (χ1) is 10.0. The fraction of sp³-hybridized carbons (Fsp3) is 0.400. The summed E-state index contributed by atoms with van der Waals surface area (Å²) < 4.78 is 33.6. The molecule has 2 atom stereocenters. The number of hydrogen-bond acceptors (Lipinski definition) is 3. The van der Waals surface area contributed by atoms with Gasteiger partial charge in [-0.05, 0) is 18.6 Å². The molecule has 2 unspecified atom stereocenters. The van der Waals surface area contributed by atoms with Crippen molar-refractivity contribution in [2.45, 2.75) is 19.5 Å². The van der Waals surface area contributed by atoms with Crippen molar-refractivity contribution in [2.24, 2.45) is 7.05 Å². The van der Waals surface area contributed by atoms with E-state index in [1.54, 1.807) is 11.6 Å². The Balaban J connectivity index is 1.52. The van der Waals surface area contributed by atoms with Crippen LogP contribution >= 0.6 is 0 Å². The molecule has 1 fully saturated rings. The van der Waals surface area contributed by atoms with E-state index in [0.717, 1.165) is 30.8 Å². The zero-order valence-corrected chi connectivity index (χ0v) is 12.0. The average molecular weight is 293 g/mol. The van der Waals surface area contributed by atoms with Crippen molar-refractivity contribution in [2.75, 3.05) is 13.2 Å². The van der Waals surface area contributed by atoms with E-state index in [1.807, 2.05) is 19.4 Å². The topological polar surface area (TPSA) is 30.1 Å². The number of aryl methyl sites for hydroxylation is 2. The molecule has 1 aromatic heterocycles. The highest BCUT2D eigenvalue weighted by Crippen LogP contribution is 2.25. The molecule has 0 aliphatic carbocycles. The van der Waals surface area contributed by atoms with Gasteiger partial charge in [0.1, 0.15) is 12.4 Å². The van der Waals surface area contributed by atoms with Crippen LogP contribution in [0.5, 0.6) is 5.75 Å². The maximum absolute atomic E-state index is 13.2. The highest BCUT2D eigenvalue weighted by Gasteiger charge is 2.34. The zero-order valence-electron chi connectivity index (χ0n) is 12.0. The molecule has 2 aromatic rings. The van der Waals surface area contributed by atoms with Crippen LogP contribution in [0.4, 0.5) is 8.78 Å². The van der Waals surface area contributed by atoms with Crippen LogP contribution in [0.15, 0.2) is 24.5 Å². The quantitative estimate of drug-likeness (QED) is 0.792. The van der Waals surface area contributed by atoms with E-state index < -0.39 is 11.6 Å². The molecule has 1 aliphatic heterocycles. The smallest absolute Gasteiger partial charge is 0.162 e. The SMILES string of the molecule is Cc1cc(F)c(F)cc1OCC1CN1Cc1cnn(C)c1. The molecular formula is C15H17F2N3O. The number of rotatable bonds is 5. The molecule has 1 saturated heterocycles. The second-order valence-electron chi connectivity index (χ2n) is 5.45. The number of aromatic nitrogens is 2. The van der Waals surface area contributed by atoms with Crippen molar-refractivity contribution in [3.63, 3.8) is 0 Å². The van der Waals surface area contributed by atoms with Gasteiger partial charge < -0.3 is 4.74 Å². The van der Waals surface area contributed by atoms with Gasteiger partial charge in [0.15, 0.2) is 11.6 Å². The lowest BCUT2D eigenvalue weighted by molar-refractivity contribution is 0.289. The maximum Gasteiger partial charge on any atom is 0.162 e. The molecule has 0 radical (unpaired) electrons. The van der Waals surface area contributed by atoms with E-state index >= 15 is 0 Å². The number of hydrogen-bond donors (Lipinski definition) is 0. The van der Waals surface area contributed by atoms with Gasteiger partial charge in [0.2, 0.25) is 0 Å². The van der Waals surface area contributed by atoms with Crippen molar-refractivity contribution in [3.8, 4) is 5.75 Å². The van der Waals surface area contributed by atoms with Crippen LogP contribution in [0.3, 0.4) is 0 Å². The van der Waals surface area contributed by atoms with Crippen molar-refractivity contribution in [1.82, 2.24) is 14.7 Å². The third-order valence-electron chi connectivity index (χ3n) is 3.62. The molecule has 0 amide bonds. The average Bonchev–Trinajstić information content (AvgIpc) is 3.03. The predicted molar refractivity (Wildman–Crippen MR) is 74.0 cm³/mol. The molecule has 0 N–H and O–H groups in total. The van der Waals surface area contributed by atoms with Crippen LogP contribution in [-0.4, -0.2) is 33.9 Å². The number of benzene rings is 1. The van der Waals surface area contributed by atoms with E-state index in [4.69, 9.17) is 4.74 Å². The Morgan fingerprint density at radius 1 is 1.33 bits per heavy atom. The first-order valence-electron chi connectivity index (χ1n) is 6.83. The van der Waals surface area contributed by atoms with Gasteiger partial charge in [-0.15, -0.1) is 0 Å². The molecular weight excluding hydrogens is 276 g/mol. The monoisotopic (exact) mass is 293 g/mol. The first-order valence-corrected chi connectivity index (χ1v) is 6.83. The second-order valence-corrected chi connectivity index (χ2v) is 5.45. The highest BCUT2D eigenvalue weighted by molar-refractivity contribution is 5.33. The van der Waals surface area contributed by atoms with Crippen molar-refractivity contribution in [3.05, 3.63) is 47.3 Å². The fourth-order valence-corrected chi connectivity index (χ4v) is 2.33. The zero-order chi connectivity index (χ0) is 15.0. The minimum atomic E-state index is -0.876. The summed E-state index contributed by atoms with van der Waals surface area (Å²) in [6, 6.07) is 2.58. The summed E-state index contributed by atoms with van der Waals surface area (Å²) in [5.74, 6) is -1.31. The molecule has 1 aliphatic rings. The van der Waals surface area contributed by atoms with E-state index in [0.29, 0.717) is 24.0 Å². The largest absolute Gasteiger partial charge is 0.492 e. The fourth-order valence-electron chi connectivity index (χ4n) is 2.33. The van der Waals surface area contributed by atoms with Crippen LogP contribution in [-0.2, 0) is 13.6 Å². The molecule has 2 heterocycles. The molecule has 21 heavy (non-hydrogen) atoms. The minimum Gasteiger partial charge on any atom is -0.492 e. The lowest BCUT2D eigenvalue weighted by Crippen LogP contribution is -2.11. The standard InChI is InChI=1S/C15H17F2N3O/c1-10-3-13(16)14(17)4-15(10)21-9-12-8-20(12)7-11-5-18-19(2)6-11/h3-6,12H,7-9H2,1-2H3. The van der Waals surface area contributed by atoms with E-state index in [1.165, 1.54) is 0 Å². The third kappa shape index (κ3) is 3.21. The van der Waals surface area contributed by atoms with Gasteiger partial charge in [-0.3, -0.25) is 9.58 Å². The molecule has 4 nitrogen and oxygen atoms in total. The highest BCUT2D eigenvalue weighted by atomic mass is 19.2. The van der Waals surface area contributed by atoms with Gasteiger partial charge in [-0.2, -0.15) is 5.10 Å². The van der Waals surface area contributed by atoms with Gasteiger partial charge in [0.05, 0.1) is 12.2 Å². The van der Waals surface area contributed by atoms with Gasteiger partial charge >= 0.3 is 0 Å². The lowest BCUT2D eigenvalue weighted by Gasteiger charge is -2.09. The molecule has 0 bridgehead atoms. The number of ether oxygens (including phenoxy) is 1. The second kappa shape index (κ2) is 5.44. The molecule has 0 saturated carbocycles. The van der Waals surface area contributed by atoms with Crippen molar-refractivity contribution < 1.29 is 13.5 Å². The van der Waals surface area contributed by atoms with Gasteiger partial charge in [-0.25, -0.2) is 8.78 Å². The molecule has 3 rings (SSSR count). The van der Waals surface area contributed by atoms with Crippen LogP contribution in [0.1, 0.15) is 11.1 Å². The summed E-state index contributed by atoms with van der Waals surface area (Å²) in [4.78, 5) is 2.24. The summed E-state index contributed by atoms with van der Waals surface area (Å²) in [6.45, 7) is 3.96. The normalized spacial score (nSPS) is 20.6. The third-order valence-corrected chi connectivity index (χ3v) is 3.62. The van der Waals surface area contributed by atoms with E-state index in [-0.39, 0.29) is 0 Å². The Hall–Kier alpha value is -1.95. The lowest BCUT2D eigenvalue weighted by atomic mass is 10.2.